The van der Waals surface area contributed by atoms with Crippen LogP contribution in [0.15, 0.2) is 24.3 Å². The Kier molecular flexibility index (Phi) is 4.71. The highest BCUT2D eigenvalue weighted by molar-refractivity contribution is 8.14. The number of carbonyl (C=O) groups excluding carboxylic acids is 3. The largest absolute Gasteiger partial charge is 0.336 e. The molecule has 0 N–H and O–H groups in total. The summed E-state index contributed by atoms with van der Waals surface area (Å²) in [5, 5.41) is -0.182. The lowest BCUT2D eigenvalue weighted by Crippen LogP contribution is -2.41. The van der Waals surface area contributed by atoms with E-state index < -0.39 is 0 Å². The van der Waals surface area contributed by atoms with Crippen LogP contribution in [0.4, 0.5) is 4.79 Å². The third kappa shape index (κ3) is 3.27. The van der Waals surface area contributed by atoms with Gasteiger partial charge in [0.05, 0.1) is 11.8 Å². The number of carbonyl (C=O) groups is 3. The molecular formula is C17H20N2O3S. The van der Waals surface area contributed by atoms with Gasteiger partial charge in [-0.1, -0.05) is 37.2 Å². The molecule has 1 unspecified atom stereocenters. The molecular weight excluding hydrogens is 312 g/mol. The maximum atomic E-state index is 12.6. The van der Waals surface area contributed by atoms with Crippen molar-refractivity contribution in [2.75, 3.05) is 18.8 Å². The number of rotatable bonds is 4. The van der Waals surface area contributed by atoms with Crippen LogP contribution in [0.25, 0.3) is 0 Å². The normalized spacial score (nSPS) is 21.3. The highest BCUT2D eigenvalue weighted by Gasteiger charge is 2.40. The summed E-state index contributed by atoms with van der Waals surface area (Å²) in [4.78, 5) is 39.2. The average Bonchev–Trinajstić information content (AvgIpc) is 3.14. The minimum Gasteiger partial charge on any atom is -0.336 e. The van der Waals surface area contributed by atoms with Crippen molar-refractivity contribution in [2.24, 2.45) is 0 Å². The summed E-state index contributed by atoms with van der Waals surface area (Å²) in [5.74, 6) is 0.0628. The van der Waals surface area contributed by atoms with Crippen LogP contribution in [0.1, 0.15) is 35.7 Å². The van der Waals surface area contributed by atoms with Crippen molar-refractivity contribution in [1.82, 2.24) is 9.80 Å². The molecule has 3 amide bonds. The molecule has 5 nitrogen and oxygen atoms in total. The predicted molar refractivity (Wildman–Crippen MR) is 89.4 cm³/mol. The Morgan fingerprint density at radius 2 is 2.00 bits per heavy atom. The van der Waals surface area contributed by atoms with E-state index in [2.05, 4.69) is 6.92 Å². The first-order valence-corrected chi connectivity index (χ1v) is 8.95. The summed E-state index contributed by atoms with van der Waals surface area (Å²) in [5.41, 5.74) is 1.90. The van der Waals surface area contributed by atoms with E-state index in [4.69, 9.17) is 0 Å². The summed E-state index contributed by atoms with van der Waals surface area (Å²) in [6.45, 7) is 3.15. The number of aryl methyl sites for hydroxylation is 1. The lowest BCUT2D eigenvalue weighted by Gasteiger charge is -2.22. The van der Waals surface area contributed by atoms with Gasteiger partial charge in [0.15, 0.2) is 0 Å². The lowest BCUT2D eigenvalue weighted by molar-refractivity contribution is -0.126. The zero-order valence-electron chi connectivity index (χ0n) is 13.2. The van der Waals surface area contributed by atoms with Crippen LogP contribution in [0.3, 0.4) is 0 Å². The van der Waals surface area contributed by atoms with Gasteiger partial charge in [-0.15, -0.1) is 0 Å². The minimum absolute atomic E-state index is 0.0257. The summed E-state index contributed by atoms with van der Waals surface area (Å²) < 4.78 is 0. The first kappa shape index (κ1) is 16.1. The van der Waals surface area contributed by atoms with Crippen LogP contribution < -0.4 is 0 Å². The number of nitrogens with zero attached hydrogens (tertiary/aromatic N) is 2. The van der Waals surface area contributed by atoms with Gasteiger partial charge in [0, 0.05) is 18.7 Å². The Bertz CT molecular complexity index is 613. The van der Waals surface area contributed by atoms with Crippen molar-refractivity contribution in [3.8, 4) is 0 Å². The maximum Gasteiger partial charge on any atom is 0.289 e. The van der Waals surface area contributed by atoms with E-state index in [-0.39, 0.29) is 28.8 Å². The van der Waals surface area contributed by atoms with Crippen molar-refractivity contribution in [3.05, 3.63) is 35.4 Å². The quantitative estimate of drug-likeness (QED) is 0.850. The number of thioether (sulfide) groups is 1. The zero-order valence-corrected chi connectivity index (χ0v) is 14.0. The molecule has 0 saturated carbocycles. The first-order chi connectivity index (χ1) is 11.1. The molecule has 122 valence electrons. The number of benzene rings is 1. The fourth-order valence-electron chi connectivity index (χ4n) is 3.14. The van der Waals surface area contributed by atoms with Crippen molar-refractivity contribution in [3.63, 3.8) is 0 Å². The second-order valence-electron chi connectivity index (χ2n) is 5.96. The van der Waals surface area contributed by atoms with Gasteiger partial charge in [0.2, 0.25) is 5.91 Å². The van der Waals surface area contributed by atoms with Gasteiger partial charge < -0.3 is 4.90 Å². The minimum atomic E-state index is -0.182. The van der Waals surface area contributed by atoms with Gasteiger partial charge in [0.1, 0.15) is 0 Å². The van der Waals surface area contributed by atoms with Gasteiger partial charge in [-0.3, -0.25) is 19.3 Å². The molecule has 0 radical (unpaired) electrons. The van der Waals surface area contributed by atoms with Crippen LogP contribution in [0.2, 0.25) is 0 Å². The number of likely N-dealkylation sites (tertiary alicyclic amines) is 1. The van der Waals surface area contributed by atoms with E-state index in [0.29, 0.717) is 25.1 Å². The maximum absolute atomic E-state index is 12.6. The molecule has 2 fully saturated rings. The van der Waals surface area contributed by atoms with Gasteiger partial charge in [-0.05, 0) is 30.5 Å². The molecule has 1 atom stereocenters. The fraction of sp³-hybridized carbons (Fsp3) is 0.471. The Labute approximate surface area is 140 Å². The van der Waals surface area contributed by atoms with Crippen LogP contribution in [-0.2, 0) is 11.2 Å². The molecule has 0 aliphatic carbocycles. The van der Waals surface area contributed by atoms with E-state index in [1.54, 1.807) is 4.90 Å². The van der Waals surface area contributed by atoms with Crippen molar-refractivity contribution in [2.45, 2.75) is 32.2 Å². The molecule has 0 spiro atoms. The van der Waals surface area contributed by atoms with Gasteiger partial charge >= 0.3 is 0 Å². The molecule has 0 aromatic heterocycles. The molecule has 3 rings (SSSR count). The molecule has 23 heavy (non-hydrogen) atoms. The van der Waals surface area contributed by atoms with Crippen molar-refractivity contribution >= 4 is 28.8 Å². The van der Waals surface area contributed by atoms with E-state index in [1.807, 2.05) is 24.3 Å². The smallest absolute Gasteiger partial charge is 0.289 e. The molecule has 2 saturated heterocycles. The second-order valence-corrected chi connectivity index (χ2v) is 6.89. The van der Waals surface area contributed by atoms with Crippen molar-refractivity contribution in [1.29, 1.82) is 0 Å². The van der Waals surface area contributed by atoms with Gasteiger partial charge in [-0.2, -0.15) is 0 Å². The van der Waals surface area contributed by atoms with Gasteiger partial charge in [0.25, 0.3) is 11.1 Å². The van der Waals surface area contributed by atoms with E-state index in [9.17, 15) is 14.4 Å². The molecule has 2 aliphatic rings. The number of hydrogen-bond acceptors (Lipinski definition) is 4. The predicted octanol–water partition coefficient (Wildman–Crippen LogP) is 2.55. The van der Waals surface area contributed by atoms with Crippen LogP contribution in [-0.4, -0.2) is 51.7 Å². The van der Waals surface area contributed by atoms with E-state index in [1.165, 1.54) is 10.5 Å². The first-order valence-electron chi connectivity index (χ1n) is 7.97. The number of hydrogen-bond donors (Lipinski definition) is 0. The summed E-state index contributed by atoms with van der Waals surface area (Å²) in [7, 11) is 0. The monoisotopic (exact) mass is 332 g/mol. The Morgan fingerprint density at radius 3 is 2.61 bits per heavy atom. The topological polar surface area (TPSA) is 57.7 Å². The molecule has 2 heterocycles. The summed E-state index contributed by atoms with van der Waals surface area (Å²) in [6.07, 6.45) is 2.76. The molecule has 0 bridgehead atoms. The van der Waals surface area contributed by atoms with Gasteiger partial charge in [-0.25, -0.2) is 0 Å². The number of imide groups is 1. The van der Waals surface area contributed by atoms with Crippen LogP contribution >= 0.6 is 11.8 Å². The molecule has 6 heteroatoms. The highest BCUT2D eigenvalue weighted by Crippen LogP contribution is 2.26. The summed E-state index contributed by atoms with van der Waals surface area (Å²) in [6, 6.07) is 7.54. The SMILES string of the molecule is CCCc1ccc(C(=O)N2CCC(N3C(=O)CSC3=O)C2)cc1. The van der Waals surface area contributed by atoms with Crippen molar-refractivity contribution < 1.29 is 14.4 Å². The Balaban J connectivity index is 1.65. The third-order valence-electron chi connectivity index (χ3n) is 4.34. The third-order valence-corrected chi connectivity index (χ3v) is 5.17. The molecule has 1 aromatic rings. The van der Waals surface area contributed by atoms with E-state index >= 15 is 0 Å². The lowest BCUT2D eigenvalue weighted by atomic mass is 10.1. The fourth-order valence-corrected chi connectivity index (χ4v) is 3.92. The van der Waals surface area contributed by atoms with E-state index in [0.717, 1.165) is 24.6 Å². The molecule has 1 aromatic carbocycles. The standard InChI is InChI=1S/C17H20N2O3S/c1-2-3-12-4-6-13(7-5-12)16(21)18-9-8-14(10-18)19-15(20)11-23-17(19)22/h4-7,14H,2-3,8-11H2,1H3. The van der Waals surface area contributed by atoms with Crippen LogP contribution in [0.5, 0.6) is 0 Å². The number of amides is 3. The second kappa shape index (κ2) is 6.74. The van der Waals surface area contributed by atoms with Crippen LogP contribution in [0, 0.1) is 0 Å². The Hall–Kier alpha value is -1.82. The summed E-state index contributed by atoms with van der Waals surface area (Å²) >= 11 is 1.05. The Morgan fingerprint density at radius 1 is 1.26 bits per heavy atom. The molecule has 2 aliphatic heterocycles. The average molecular weight is 332 g/mol. The zero-order chi connectivity index (χ0) is 16.4. The highest BCUT2D eigenvalue weighted by atomic mass is 32.2.